The molecule has 0 amide bonds. The quantitative estimate of drug-likeness (QED) is 0.501. The molecule has 0 aliphatic heterocycles. The molecule has 0 saturated heterocycles. The fourth-order valence-corrected chi connectivity index (χ4v) is 4.28. The Kier molecular flexibility index (Phi) is 6.99. The van der Waals surface area contributed by atoms with Crippen LogP contribution in [0.15, 0.2) is 47.4 Å². The van der Waals surface area contributed by atoms with Crippen molar-refractivity contribution in [1.29, 1.82) is 0 Å². The summed E-state index contributed by atoms with van der Waals surface area (Å²) in [5, 5.41) is 14.6. The first-order valence-corrected chi connectivity index (χ1v) is 10.6. The molecular formula is C20H28N4O4S. The van der Waals surface area contributed by atoms with Gasteiger partial charge in [0.15, 0.2) is 0 Å². The van der Waals surface area contributed by atoms with Crippen molar-refractivity contribution in [3.05, 3.63) is 63.7 Å². The van der Waals surface area contributed by atoms with Crippen molar-refractivity contribution in [2.24, 2.45) is 0 Å². The SMILES string of the molecule is CN(C)Cc1cccc(CNc2ccc(S(=O)(=O)NC(C)(C)C)cc2[N+](=O)[O-])c1. The Morgan fingerprint density at radius 3 is 2.31 bits per heavy atom. The zero-order valence-electron chi connectivity index (χ0n) is 17.4. The van der Waals surface area contributed by atoms with Gasteiger partial charge in [-0.25, -0.2) is 13.1 Å². The maximum Gasteiger partial charge on any atom is 0.293 e. The molecule has 0 spiro atoms. The van der Waals surface area contributed by atoms with E-state index >= 15 is 0 Å². The molecule has 2 aromatic carbocycles. The van der Waals surface area contributed by atoms with Crippen molar-refractivity contribution in [3.8, 4) is 0 Å². The number of nitro groups is 1. The number of anilines is 1. The van der Waals surface area contributed by atoms with E-state index in [9.17, 15) is 18.5 Å². The van der Waals surface area contributed by atoms with E-state index in [-0.39, 0.29) is 16.3 Å². The van der Waals surface area contributed by atoms with E-state index in [1.54, 1.807) is 20.8 Å². The van der Waals surface area contributed by atoms with E-state index < -0.39 is 20.5 Å². The lowest BCUT2D eigenvalue weighted by Crippen LogP contribution is -2.40. The second-order valence-corrected chi connectivity index (χ2v) is 9.89. The van der Waals surface area contributed by atoms with Crippen LogP contribution in [0.4, 0.5) is 11.4 Å². The smallest absolute Gasteiger partial charge is 0.293 e. The molecule has 158 valence electrons. The van der Waals surface area contributed by atoms with Gasteiger partial charge in [0, 0.05) is 24.7 Å². The lowest BCUT2D eigenvalue weighted by molar-refractivity contribution is -0.384. The number of benzene rings is 2. The number of rotatable bonds is 8. The predicted molar refractivity (Wildman–Crippen MR) is 114 cm³/mol. The first kappa shape index (κ1) is 22.8. The Labute approximate surface area is 172 Å². The minimum Gasteiger partial charge on any atom is -0.375 e. The zero-order chi connectivity index (χ0) is 21.8. The van der Waals surface area contributed by atoms with Crippen LogP contribution in [-0.4, -0.2) is 37.9 Å². The third-order valence-electron chi connectivity index (χ3n) is 3.89. The Balaban J connectivity index is 2.25. The van der Waals surface area contributed by atoms with Gasteiger partial charge in [-0.2, -0.15) is 0 Å². The van der Waals surface area contributed by atoms with Crippen LogP contribution in [0.25, 0.3) is 0 Å². The highest BCUT2D eigenvalue weighted by molar-refractivity contribution is 7.89. The van der Waals surface area contributed by atoms with Crippen LogP contribution < -0.4 is 10.0 Å². The molecule has 0 bridgehead atoms. The molecule has 29 heavy (non-hydrogen) atoms. The van der Waals surface area contributed by atoms with Gasteiger partial charge in [-0.1, -0.05) is 24.3 Å². The van der Waals surface area contributed by atoms with Crippen molar-refractivity contribution in [2.75, 3.05) is 19.4 Å². The molecular weight excluding hydrogens is 392 g/mol. The largest absolute Gasteiger partial charge is 0.375 e. The van der Waals surface area contributed by atoms with Crippen molar-refractivity contribution < 1.29 is 13.3 Å². The van der Waals surface area contributed by atoms with Crippen LogP contribution in [0.5, 0.6) is 0 Å². The standard InChI is InChI=1S/C20H28N4O4S/c1-20(2,3)22-29(27,28)17-9-10-18(19(12-17)24(25)26)21-13-15-7-6-8-16(11-15)14-23(4)5/h6-12,21-22H,13-14H2,1-5H3. The molecule has 0 aliphatic rings. The molecule has 0 aliphatic carbocycles. The summed E-state index contributed by atoms with van der Waals surface area (Å²) in [5.41, 5.74) is 1.40. The van der Waals surface area contributed by atoms with Crippen LogP contribution in [0.2, 0.25) is 0 Å². The van der Waals surface area contributed by atoms with Crippen LogP contribution in [0, 0.1) is 10.1 Å². The summed E-state index contributed by atoms with van der Waals surface area (Å²) in [5.74, 6) is 0. The van der Waals surface area contributed by atoms with Gasteiger partial charge in [-0.05, 0) is 58.1 Å². The lowest BCUT2D eigenvalue weighted by Gasteiger charge is -2.20. The van der Waals surface area contributed by atoms with Crippen LogP contribution in [0.3, 0.4) is 0 Å². The molecule has 0 atom stereocenters. The third kappa shape index (κ3) is 6.81. The second-order valence-electron chi connectivity index (χ2n) is 8.20. The van der Waals surface area contributed by atoms with Gasteiger partial charge in [-0.15, -0.1) is 0 Å². The maximum atomic E-state index is 12.5. The van der Waals surface area contributed by atoms with E-state index in [1.165, 1.54) is 12.1 Å². The summed E-state index contributed by atoms with van der Waals surface area (Å²) in [6, 6.07) is 11.8. The van der Waals surface area contributed by atoms with E-state index in [0.717, 1.165) is 23.7 Å². The Morgan fingerprint density at radius 2 is 1.72 bits per heavy atom. The number of sulfonamides is 1. The van der Waals surface area contributed by atoms with Gasteiger partial charge in [0.25, 0.3) is 5.69 Å². The first-order chi connectivity index (χ1) is 13.4. The van der Waals surface area contributed by atoms with Gasteiger partial charge in [0.05, 0.1) is 9.82 Å². The topological polar surface area (TPSA) is 105 Å². The summed E-state index contributed by atoms with van der Waals surface area (Å²) in [4.78, 5) is 12.9. The van der Waals surface area contributed by atoms with Crippen molar-refractivity contribution >= 4 is 21.4 Å². The third-order valence-corrected chi connectivity index (χ3v) is 5.65. The Hall–Kier alpha value is -2.49. The summed E-state index contributed by atoms with van der Waals surface area (Å²) in [6.45, 7) is 6.30. The summed E-state index contributed by atoms with van der Waals surface area (Å²) in [6.07, 6.45) is 0. The molecule has 0 aromatic heterocycles. The Morgan fingerprint density at radius 1 is 1.07 bits per heavy atom. The zero-order valence-corrected chi connectivity index (χ0v) is 18.2. The number of nitro benzene ring substituents is 1. The van der Waals surface area contributed by atoms with E-state index in [2.05, 4.69) is 14.9 Å². The Bertz CT molecular complexity index is 982. The monoisotopic (exact) mass is 420 g/mol. The highest BCUT2D eigenvalue weighted by Crippen LogP contribution is 2.28. The fraction of sp³-hybridized carbons (Fsp3) is 0.400. The molecule has 0 radical (unpaired) electrons. The number of hydrogen-bond donors (Lipinski definition) is 2. The predicted octanol–water partition coefficient (Wildman–Crippen LogP) is 3.35. The van der Waals surface area contributed by atoms with Gasteiger partial charge in [-0.3, -0.25) is 10.1 Å². The maximum absolute atomic E-state index is 12.5. The molecule has 2 rings (SSSR count). The molecule has 0 saturated carbocycles. The molecule has 2 aromatic rings. The van der Waals surface area contributed by atoms with Crippen LogP contribution >= 0.6 is 0 Å². The van der Waals surface area contributed by atoms with E-state index in [0.29, 0.717) is 6.54 Å². The minimum absolute atomic E-state index is 0.141. The molecule has 2 N–H and O–H groups in total. The minimum atomic E-state index is -3.86. The van der Waals surface area contributed by atoms with Gasteiger partial charge in [0.2, 0.25) is 10.0 Å². The van der Waals surface area contributed by atoms with Crippen LogP contribution in [0.1, 0.15) is 31.9 Å². The highest BCUT2D eigenvalue weighted by atomic mass is 32.2. The average Bonchev–Trinajstić information content (AvgIpc) is 2.57. The van der Waals surface area contributed by atoms with Gasteiger partial charge >= 0.3 is 0 Å². The number of nitrogens with zero attached hydrogens (tertiary/aromatic N) is 2. The molecule has 8 nitrogen and oxygen atoms in total. The molecule has 0 unspecified atom stereocenters. The van der Waals surface area contributed by atoms with E-state index in [4.69, 9.17) is 0 Å². The molecule has 9 heteroatoms. The van der Waals surface area contributed by atoms with Gasteiger partial charge in [0.1, 0.15) is 5.69 Å². The summed E-state index contributed by atoms with van der Waals surface area (Å²) in [7, 11) is 0.107. The van der Waals surface area contributed by atoms with Crippen molar-refractivity contribution in [2.45, 2.75) is 44.3 Å². The number of hydrogen-bond acceptors (Lipinski definition) is 6. The summed E-state index contributed by atoms with van der Waals surface area (Å²) < 4.78 is 27.5. The van der Waals surface area contributed by atoms with E-state index in [1.807, 2.05) is 38.4 Å². The first-order valence-electron chi connectivity index (χ1n) is 9.16. The molecule has 0 heterocycles. The normalized spacial score (nSPS) is 12.2. The highest BCUT2D eigenvalue weighted by Gasteiger charge is 2.25. The van der Waals surface area contributed by atoms with Crippen molar-refractivity contribution in [1.82, 2.24) is 9.62 Å². The average molecular weight is 421 g/mol. The lowest BCUT2D eigenvalue weighted by atomic mass is 10.1. The van der Waals surface area contributed by atoms with Gasteiger partial charge < -0.3 is 10.2 Å². The number of nitrogens with one attached hydrogen (secondary N) is 2. The second kappa shape index (κ2) is 8.89. The summed E-state index contributed by atoms with van der Waals surface area (Å²) >= 11 is 0. The van der Waals surface area contributed by atoms with Crippen LogP contribution in [-0.2, 0) is 23.1 Å². The fourth-order valence-electron chi connectivity index (χ4n) is 2.84. The van der Waals surface area contributed by atoms with Crippen molar-refractivity contribution in [3.63, 3.8) is 0 Å². The molecule has 0 fully saturated rings.